The Balaban J connectivity index is 1.92. The van der Waals surface area contributed by atoms with Gasteiger partial charge in [-0.25, -0.2) is 0 Å². The lowest BCUT2D eigenvalue weighted by atomic mass is 9.92. The van der Waals surface area contributed by atoms with E-state index in [1.165, 1.54) is 12.8 Å². The van der Waals surface area contributed by atoms with Crippen LogP contribution in [-0.4, -0.2) is 25.3 Å². The molecule has 0 bridgehead atoms. The molecule has 1 saturated carbocycles. The molecule has 0 radical (unpaired) electrons. The van der Waals surface area contributed by atoms with Crippen molar-refractivity contribution in [2.24, 2.45) is 11.3 Å². The first-order valence-electron chi connectivity index (χ1n) is 7.52. The molecular weight excluding hydrogens is 250 g/mol. The highest BCUT2D eigenvalue weighted by Gasteiger charge is 2.44. The number of benzene rings is 1. The van der Waals surface area contributed by atoms with Crippen molar-refractivity contribution in [2.45, 2.75) is 39.7 Å². The third-order valence-electron chi connectivity index (χ3n) is 4.68. The number of hydrogen-bond acceptors (Lipinski definition) is 3. The van der Waals surface area contributed by atoms with Gasteiger partial charge in [0, 0.05) is 18.7 Å². The van der Waals surface area contributed by atoms with Gasteiger partial charge < -0.3 is 15.2 Å². The third kappa shape index (κ3) is 3.33. The molecule has 3 nitrogen and oxygen atoms in total. The lowest BCUT2D eigenvalue weighted by molar-refractivity contribution is 0.165. The SMILES string of the molecule is COc1ccc(C)cc1C(O)CNCC1(C(C)C)CC1. The van der Waals surface area contributed by atoms with Gasteiger partial charge in [-0.3, -0.25) is 0 Å². The van der Waals surface area contributed by atoms with Crippen LogP contribution in [0.1, 0.15) is 43.9 Å². The molecule has 1 unspecified atom stereocenters. The van der Waals surface area contributed by atoms with Gasteiger partial charge in [-0.05, 0) is 43.2 Å². The first-order valence-corrected chi connectivity index (χ1v) is 7.52. The van der Waals surface area contributed by atoms with Crippen LogP contribution in [0.25, 0.3) is 0 Å². The number of ether oxygens (including phenoxy) is 1. The van der Waals surface area contributed by atoms with Gasteiger partial charge in [-0.1, -0.05) is 25.5 Å². The Labute approximate surface area is 122 Å². The summed E-state index contributed by atoms with van der Waals surface area (Å²) in [6.45, 7) is 8.18. The Bertz CT molecular complexity index is 452. The van der Waals surface area contributed by atoms with E-state index in [1.54, 1.807) is 7.11 Å². The monoisotopic (exact) mass is 277 g/mol. The van der Waals surface area contributed by atoms with Crippen molar-refractivity contribution in [3.8, 4) is 5.75 Å². The van der Waals surface area contributed by atoms with Gasteiger partial charge in [-0.15, -0.1) is 0 Å². The molecule has 3 heteroatoms. The predicted molar refractivity (Wildman–Crippen MR) is 82.1 cm³/mol. The summed E-state index contributed by atoms with van der Waals surface area (Å²) in [5.41, 5.74) is 2.48. The second-order valence-electron chi connectivity index (χ2n) is 6.41. The van der Waals surface area contributed by atoms with Crippen LogP contribution in [-0.2, 0) is 0 Å². The Kier molecular flexibility index (Phi) is 4.71. The summed E-state index contributed by atoms with van der Waals surface area (Å²) in [4.78, 5) is 0. The zero-order valence-electron chi connectivity index (χ0n) is 13.1. The summed E-state index contributed by atoms with van der Waals surface area (Å²) in [5.74, 6) is 1.47. The van der Waals surface area contributed by atoms with Crippen molar-refractivity contribution in [2.75, 3.05) is 20.2 Å². The minimum atomic E-state index is -0.521. The Morgan fingerprint density at radius 3 is 2.60 bits per heavy atom. The highest BCUT2D eigenvalue weighted by atomic mass is 16.5. The average Bonchev–Trinajstić information content (AvgIpc) is 3.19. The Morgan fingerprint density at radius 1 is 1.35 bits per heavy atom. The molecule has 0 aliphatic heterocycles. The van der Waals surface area contributed by atoms with E-state index in [-0.39, 0.29) is 0 Å². The quantitative estimate of drug-likeness (QED) is 0.805. The molecule has 2 rings (SSSR count). The molecule has 20 heavy (non-hydrogen) atoms. The third-order valence-corrected chi connectivity index (χ3v) is 4.68. The first-order chi connectivity index (χ1) is 9.48. The molecular formula is C17H27NO2. The zero-order valence-corrected chi connectivity index (χ0v) is 13.1. The van der Waals surface area contributed by atoms with Crippen LogP contribution in [0.5, 0.6) is 5.75 Å². The van der Waals surface area contributed by atoms with Crippen molar-refractivity contribution in [3.63, 3.8) is 0 Å². The van der Waals surface area contributed by atoms with E-state index in [1.807, 2.05) is 25.1 Å². The highest BCUT2D eigenvalue weighted by Crippen LogP contribution is 2.51. The summed E-state index contributed by atoms with van der Waals surface area (Å²) in [7, 11) is 1.65. The van der Waals surface area contributed by atoms with E-state index in [0.29, 0.717) is 17.9 Å². The number of aliphatic hydroxyl groups is 1. The summed E-state index contributed by atoms with van der Waals surface area (Å²) < 4.78 is 5.33. The van der Waals surface area contributed by atoms with Gasteiger partial charge in [0.05, 0.1) is 13.2 Å². The summed E-state index contributed by atoms with van der Waals surface area (Å²) >= 11 is 0. The Morgan fingerprint density at radius 2 is 2.05 bits per heavy atom. The van der Waals surface area contributed by atoms with Crippen LogP contribution >= 0.6 is 0 Å². The molecule has 1 aliphatic rings. The minimum absolute atomic E-state index is 0.469. The lowest BCUT2D eigenvalue weighted by Crippen LogP contribution is -2.31. The second-order valence-corrected chi connectivity index (χ2v) is 6.41. The highest BCUT2D eigenvalue weighted by molar-refractivity contribution is 5.38. The molecule has 112 valence electrons. The van der Waals surface area contributed by atoms with E-state index in [0.717, 1.165) is 23.4 Å². The van der Waals surface area contributed by atoms with Gasteiger partial charge >= 0.3 is 0 Å². The summed E-state index contributed by atoms with van der Waals surface area (Å²) in [5, 5.41) is 13.8. The zero-order chi connectivity index (χ0) is 14.8. The van der Waals surface area contributed by atoms with Crippen LogP contribution in [0.2, 0.25) is 0 Å². The van der Waals surface area contributed by atoms with Crippen molar-refractivity contribution < 1.29 is 9.84 Å². The average molecular weight is 277 g/mol. The number of hydrogen-bond donors (Lipinski definition) is 2. The fourth-order valence-electron chi connectivity index (χ4n) is 2.80. The summed E-state index contributed by atoms with van der Waals surface area (Å²) in [6.07, 6.45) is 2.09. The fourth-order valence-corrected chi connectivity index (χ4v) is 2.80. The Hall–Kier alpha value is -1.06. The number of nitrogens with one attached hydrogen (secondary N) is 1. The maximum atomic E-state index is 10.4. The molecule has 1 aromatic carbocycles. The van der Waals surface area contributed by atoms with Crippen molar-refractivity contribution in [3.05, 3.63) is 29.3 Å². The number of aryl methyl sites for hydroxylation is 1. The van der Waals surface area contributed by atoms with Crippen LogP contribution < -0.4 is 10.1 Å². The van der Waals surface area contributed by atoms with E-state index in [4.69, 9.17) is 4.74 Å². The molecule has 0 amide bonds. The van der Waals surface area contributed by atoms with E-state index in [9.17, 15) is 5.11 Å². The van der Waals surface area contributed by atoms with Crippen molar-refractivity contribution in [1.82, 2.24) is 5.32 Å². The fraction of sp³-hybridized carbons (Fsp3) is 0.647. The molecule has 1 fully saturated rings. The number of methoxy groups -OCH3 is 1. The first kappa shape index (κ1) is 15.3. The number of aliphatic hydroxyl groups excluding tert-OH is 1. The molecule has 0 heterocycles. The molecule has 0 spiro atoms. The molecule has 1 aliphatic carbocycles. The van der Waals surface area contributed by atoms with Crippen LogP contribution in [0, 0.1) is 18.3 Å². The van der Waals surface area contributed by atoms with Crippen LogP contribution in [0.3, 0.4) is 0 Å². The van der Waals surface area contributed by atoms with Crippen molar-refractivity contribution >= 4 is 0 Å². The molecule has 1 atom stereocenters. The maximum Gasteiger partial charge on any atom is 0.124 e. The van der Waals surface area contributed by atoms with Gasteiger partial charge in [-0.2, -0.15) is 0 Å². The van der Waals surface area contributed by atoms with Crippen LogP contribution in [0.15, 0.2) is 18.2 Å². The molecule has 1 aromatic rings. The van der Waals surface area contributed by atoms with Crippen LogP contribution in [0.4, 0.5) is 0 Å². The van der Waals surface area contributed by atoms with Gasteiger partial charge in [0.1, 0.15) is 5.75 Å². The maximum absolute atomic E-state index is 10.4. The van der Waals surface area contributed by atoms with E-state index >= 15 is 0 Å². The standard InChI is InChI=1S/C17H27NO2/c1-12(2)17(7-8-17)11-18-10-15(19)14-9-13(3)5-6-16(14)20-4/h5-6,9,12,15,18-19H,7-8,10-11H2,1-4H3. The topological polar surface area (TPSA) is 41.5 Å². The van der Waals surface area contributed by atoms with Gasteiger partial charge in [0.2, 0.25) is 0 Å². The lowest BCUT2D eigenvalue weighted by Gasteiger charge is -2.22. The van der Waals surface area contributed by atoms with Gasteiger partial charge in [0.25, 0.3) is 0 Å². The summed E-state index contributed by atoms with van der Waals surface area (Å²) in [6, 6.07) is 5.92. The normalized spacial score (nSPS) is 18.1. The second kappa shape index (κ2) is 6.15. The molecule has 0 saturated heterocycles. The van der Waals surface area contributed by atoms with Crippen molar-refractivity contribution in [1.29, 1.82) is 0 Å². The smallest absolute Gasteiger partial charge is 0.124 e. The molecule has 0 aromatic heterocycles. The molecule has 2 N–H and O–H groups in total. The van der Waals surface area contributed by atoms with Gasteiger partial charge in [0.15, 0.2) is 0 Å². The minimum Gasteiger partial charge on any atom is -0.496 e. The predicted octanol–water partition coefficient (Wildman–Crippen LogP) is 3.06. The van der Waals surface area contributed by atoms with E-state index < -0.39 is 6.10 Å². The largest absolute Gasteiger partial charge is 0.496 e. The van der Waals surface area contributed by atoms with E-state index in [2.05, 4.69) is 19.2 Å². The number of rotatable bonds is 7.